The molecule has 4 amide bonds. The molecule has 0 aromatic heterocycles. The van der Waals surface area contributed by atoms with Crippen molar-refractivity contribution in [3.05, 3.63) is 0 Å². The number of carbonyl (C=O) groups is 4. The monoisotopic (exact) mass is 1790 g/mol. The summed E-state index contributed by atoms with van der Waals surface area (Å²) in [6.07, 6.45) is -95.7. The van der Waals surface area contributed by atoms with E-state index in [-0.39, 0.29) is 0 Å². The highest BCUT2D eigenvalue weighted by Gasteiger charge is 2.62. The molecular formula is C68H114N4O50. The van der Waals surface area contributed by atoms with Crippen LogP contribution in [0.1, 0.15) is 34.6 Å². The maximum absolute atomic E-state index is 13.1. The van der Waals surface area contributed by atoms with Gasteiger partial charge in [-0.2, -0.15) is 0 Å². The predicted octanol–water partition coefficient (Wildman–Crippen LogP) is -21.2. The summed E-state index contributed by atoms with van der Waals surface area (Å²) in [4.78, 5) is 51.4. The largest absolute Gasteiger partial charge is 0.394 e. The fourth-order valence-corrected chi connectivity index (χ4v) is 15.9. The molecule has 10 aliphatic rings. The SMILES string of the molecule is CC(=O)N[C@H]1[C@H](O[C@H]2[C@H](O)[C@@H](NC(C)=O)C(O)O[C@@H]2CO)O[C@H](CO)[C@@H](O[C@@H]2O[C@H](CO[C@H]3O[C@H](CO)[C@@H](O)[C@H](O)[C@@H]3O[C@@H]3O[C@H](CO)[C@@H](O[C@@H]4O[C@H](CO)[C@H](O)[C@H](O)[C@H]4O[C@@H]4O[C@@H](C)[C@@H](O)[C@@H](O)[C@@H]4O)[C@H](O)[C@H]3NC(C)=O)[C@@H](O)[C@H](O[C@H]3O[C@H](CO)[C@@H](O)[C@H](O)[C@@H]3O[C@@H]3O[C@H](CO)[C@@H](O[C@@H]4O[C@H](CO)[C@H](O)[C@H](O)[C@H]4O)[C@H](O)[C@H]3NC(C)=O)[C@@H]2O)[C@@H]1O. The molecular weight excluding hydrogens is 1670 g/mol. The van der Waals surface area contributed by atoms with Gasteiger partial charge in [0.25, 0.3) is 0 Å². The van der Waals surface area contributed by atoms with Crippen LogP contribution in [0.25, 0.3) is 0 Å². The zero-order valence-electron chi connectivity index (χ0n) is 65.7. The molecule has 0 aliphatic carbocycles. The lowest BCUT2D eigenvalue weighted by molar-refractivity contribution is -0.399. The highest BCUT2D eigenvalue weighted by Crippen LogP contribution is 2.41. The van der Waals surface area contributed by atoms with E-state index in [4.69, 9.17) is 90.0 Å². The molecule has 10 saturated heterocycles. The molecule has 0 radical (unpaired) electrons. The molecule has 10 aliphatic heterocycles. The average molecular weight is 1790 g/mol. The molecule has 10 fully saturated rings. The lowest BCUT2D eigenvalue weighted by Gasteiger charge is -2.51. The van der Waals surface area contributed by atoms with Crippen LogP contribution >= 0.6 is 0 Å². The minimum atomic E-state index is -2.61. The fraction of sp³-hybridized carbons (Fsp3) is 0.941. The summed E-state index contributed by atoms with van der Waals surface area (Å²) in [6, 6.07) is -7.58. The summed E-state index contributed by atoms with van der Waals surface area (Å²) in [5.74, 6) is -3.71. The number of rotatable bonds is 31. The third-order valence-corrected chi connectivity index (χ3v) is 22.4. The summed E-state index contributed by atoms with van der Waals surface area (Å²) in [5.41, 5.74) is 0. The van der Waals surface area contributed by atoms with Gasteiger partial charge in [0, 0.05) is 27.7 Å². The molecule has 10 rings (SSSR count). The van der Waals surface area contributed by atoms with E-state index in [0.29, 0.717) is 0 Å². The highest BCUT2D eigenvalue weighted by atomic mass is 16.8. The van der Waals surface area contributed by atoms with Crippen LogP contribution < -0.4 is 21.3 Å². The topological polar surface area (TPSA) is 838 Å². The summed E-state index contributed by atoms with van der Waals surface area (Å²) < 4.78 is 113. The van der Waals surface area contributed by atoms with Crippen molar-refractivity contribution in [3.8, 4) is 0 Å². The summed E-state index contributed by atoms with van der Waals surface area (Å²) in [5, 5.41) is 311. The molecule has 0 spiro atoms. The van der Waals surface area contributed by atoms with Crippen molar-refractivity contribution >= 4 is 23.6 Å². The van der Waals surface area contributed by atoms with Gasteiger partial charge in [0.2, 0.25) is 23.6 Å². The molecule has 50 atom stereocenters. The number of hydrogen-bond acceptors (Lipinski definition) is 50. The van der Waals surface area contributed by atoms with Crippen LogP contribution in [0.5, 0.6) is 0 Å². The molecule has 54 nitrogen and oxygen atoms in total. The molecule has 122 heavy (non-hydrogen) atoms. The molecule has 10 heterocycles. The van der Waals surface area contributed by atoms with Crippen LogP contribution in [0.3, 0.4) is 0 Å². The standard InChI is InChI=1S/C68H114N4O50/c1-15-33(85)43(95)48(100)63(105-15)122-58-47(99)37(89)22(8-75)109-67(58)118-54-27(13-80)113-61(32(42(54)94)72-19(5)84)120-56-45(97)35(87)21(7-74)108-66(56)104-14-28-38(90)55(50(102)65(114-28)117-53-26(12-79)111-60(30(40(53)92)70-17(3)82)115-51-24(10-77)106-59(103)29(39(51)91)69-16(2)81)119-68-57(46(98)36(88)23(9-76)110-68)121-62-31(71-18(4)83)41(93)52(25(11-78)112-62)116-64-49(101)44(96)34(86)20(6-73)107-64/h15,20-68,73-80,85-103H,6-14H2,1-5H3,(H,69,81)(H,70,82)(H,71,83)(H,72,84)/t15-,20+,21+,22+,23+,24+,25+,26+,27+,28+,29+,30+,31+,32+,33+,34-,35+,36+,37-,38+,39+,40+,41+,42+,43+,44-,45-,46-,47-,48-,49+,50-,51+,52+,53+,54+,55-,56-,57-,58+,59?,60-,61-,62-,63-,64-,65-,66-,67-,68+/m0/s1. The minimum Gasteiger partial charge on any atom is -0.394 e. The number of aliphatic hydroxyl groups is 27. The maximum Gasteiger partial charge on any atom is 0.217 e. The van der Waals surface area contributed by atoms with Crippen molar-refractivity contribution in [3.63, 3.8) is 0 Å². The fourth-order valence-electron chi connectivity index (χ4n) is 15.9. The molecule has 0 aromatic carbocycles. The van der Waals surface area contributed by atoms with E-state index in [1.165, 1.54) is 6.92 Å². The first-order valence-electron chi connectivity index (χ1n) is 39.0. The van der Waals surface area contributed by atoms with Crippen molar-refractivity contribution in [2.45, 2.75) is 341 Å². The first kappa shape index (κ1) is 100. The lowest BCUT2D eigenvalue weighted by atomic mass is 9.93. The molecule has 1 unspecified atom stereocenters. The summed E-state index contributed by atoms with van der Waals surface area (Å²) >= 11 is 0. The van der Waals surface area contributed by atoms with Crippen LogP contribution in [0.15, 0.2) is 0 Å². The Morgan fingerprint density at radius 2 is 0.484 bits per heavy atom. The van der Waals surface area contributed by atoms with Gasteiger partial charge >= 0.3 is 0 Å². The van der Waals surface area contributed by atoms with Gasteiger partial charge in [-0.25, -0.2) is 0 Å². The second-order valence-corrected chi connectivity index (χ2v) is 31.0. The molecule has 0 saturated carbocycles. The Morgan fingerprint density at radius 1 is 0.230 bits per heavy atom. The Kier molecular flexibility index (Phi) is 35.8. The van der Waals surface area contributed by atoms with Gasteiger partial charge in [0.15, 0.2) is 62.9 Å². The molecule has 706 valence electrons. The average Bonchev–Trinajstić information content (AvgIpc) is 0.768. The zero-order chi connectivity index (χ0) is 89.8. The summed E-state index contributed by atoms with van der Waals surface area (Å²) in [6.45, 7) is -5.11. The molecule has 31 N–H and O–H groups in total. The predicted molar refractivity (Wildman–Crippen MR) is 375 cm³/mol. The van der Waals surface area contributed by atoms with Crippen molar-refractivity contribution in [2.75, 3.05) is 59.5 Å². The summed E-state index contributed by atoms with van der Waals surface area (Å²) in [7, 11) is 0. The van der Waals surface area contributed by atoms with Gasteiger partial charge in [-0.3, -0.25) is 19.2 Å². The third kappa shape index (κ3) is 21.9. The zero-order valence-corrected chi connectivity index (χ0v) is 65.7. The van der Waals surface area contributed by atoms with Crippen LogP contribution in [0.2, 0.25) is 0 Å². The molecule has 0 aromatic rings. The second-order valence-electron chi connectivity index (χ2n) is 31.0. The highest BCUT2D eigenvalue weighted by molar-refractivity contribution is 5.74. The smallest absolute Gasteiger partial charge is 0.217 e. The molecule has 0 bridgehead atoms. The number of hydrogen-bond donors (Lipinski definition) is 31. The van der Waals surface area contributed by atoms with Gasteiger partial charge in [0.1, 0.15) is 238 Å². The van der Waals surface area contributed by atoms with Gasteiger partial charge in [0.05, 0.1) is 65.6 Å². The van der Waals surface area contributed by atoms with Crippen LogP contribution in [-0.2, 0) is 109 Å². The van der Waals surface area contributed by atoms with Gasteiger partial charge < -0.3 is 249 Å². The van der Waals surface area contributed by atoms with Crippen molar-refractivity contribution in [1.82, 2.24) is 21.3 Å². The van der Waals surface area contributed by atoms with Gasteiger partial charge in [-0.1, -0.05) is 0 Å². The van der Waals surface area contributed by atoms with E-state index < -0.39 is 390 Å². The quantitative estimate of drug-likeness (QED) is 0.0306. The Balaban J connectivity index is 0.974. The van der Waals surface area contributed by atoms with E-state index in [1.54, 1.807) is 0 Å². The second kappa shape index (κ2) is 43.6. The first-order chi connectivity index (χ1) is 57.7. The Morgan fingerprint density at radius 3 is 0.861 bits per heavy atom. The number of amides is 4. The van der Waals surface area contributed by atoms with Crippen molar-refractivity contribution < 1.29 is 247 Å². The Labute approximate surface area is 691 Å². The van der Waals surface area contributed by atoms with Crippen molar-refractivity contribution in [2.24, 2.45) is 0 Å². The molecule has 54 heteroatoms. The Hall–Kier alpha value is -3.96. The third-order valence-electron chi connectivity index (χ3n) is 22.4. The Bertz CT molecular complexity index is 3290. The van der Waals surface area contributed by atoms with Crippen LogP contribution in [-0.4, -0.2) is 528 Å². The van der Waals surface area contributed by atoms with Crippen LogP contribution in [0, 0.1) is 0 Å². The number of nitrogens with one attached hydrogen (secondary N) is 4. The minimum absolute atomic E-state index is 0.799. The number of aliphatic hydroxyl groups excluding tert-OH is 27. The normalized spacial score (nSPS) is 49.7. The number of ether oxygens (including phenoxy) is 19. The van der Waals surface area contributed by atoms with Gasteiger partial charge in [-0.05, 0) is 6.92 Å². The maximum atomic E-state index is 13.1. The lowest BCUT2D eigenvalue weighted by Crippen LogP contribution is -2.71. The van der Waals surface area contributed by atoms with E-state index in [2.05, 4.69) is 21.3 Å². The van der Waals surface area contributed by atoms with E-state index in [9.17, 15) is 157 Å². The van der Waals surface area contributed by atoms with E-state index in [1.807, 2.05) is 0 Å². The first-order valence-corrected chi connectivity index (χ1v) is 39.0. The number of carbonyl (C=O) groups excluding carboxylic acids is 4. The van der Waals surface area contributed by atoms with Crippen LogP contribution in [0.4, 0.5) is 0 Å². The van der Waals surface area contributed by atoms with Crippen molar-refractivity contribution in [1.29, 1.82) is 0 Å². The van der Waals surface area contributed by atoms with E-state index in [0.717, 1.165) is 27.7 Å². The van der Waals surface area contributed by atoms with Gasteiger partial charge in [-0.15, -0.1) is 0 Å². The van der Waals surface area contributed by atoms with E-state index >= 15 is 0 Å².